The van der Waals surface area contributed by atoms with Gasteiger partial charge in [-0.1, -0.05) is 0 Å². The van der Waals surface area contributed by atoms with E-state index in [1.165, 1.54) is 0 Å². The highest BCUT2D eigenvalue weighted by atomic mass is 16.5. The molecule has 3 aliphatic rings. The fraction of sp³-hybridized carbons (Fsp3) is 0.400. The molecule has 2 aromatic carbocycles. The molecule has 0 radical (unpaired) electrons. The van der Waals surface area contributed by atoms with Crippen LogP contribution in [0.5, 0.6) is 23.0 Å². The normalized spacial score (nSPS) is 22.6. The van der Waals surface area contributed by atoms with Crippen molar-refractivity contribution in [1.29, 1.82) is 5.26 Å². The Morgan fingerprint density at radius 1 is 1.00 bits per heavy atom. The number of aromatic nitrogens is 1. The van der Waals surface area contributed by atoms with Crippen LogP contribution in [0, 0.1) is 22.7 Å². The van der Waals surface area contributed by atoms with Gasteiger partial charge in [-0.25, -0.2) is 0 Å². The number of carbonyl (C=O) groups is 2. The number of fused-ring (bicyclic) bond motifs is 3. The number of pyridine rings is 1. The first kappa shape index (κ1) is 25.0. The van der Waals surface area contributed by atoms with E-state index in [1.54, 1.807) is 56.8 Å². The summed E-state index contributed by atoms with van der Waals surface area (Å²) in [7, 11) is 3.15. The molecule has 2 unspecified atom stereocenters. The van der Waals surface area contributed by atoms with Gasteiger partial charge in [0.1, 0.15) is 16.9 Å². The fourth-order valence-electron chi connectivity index (χ4n) is 6.04. The van der Waals surface area contributed by atoms with Crippen molar-refractivity contribution in [2.24, 2.45) is 11.3 Å². The molecule has 2 atom stereocenters. The van der Waals surface area contributed by atoms with Crippen LogP contribution in [0.25, 0.3) is 10.9 Å². The van der Waals surface area contributed by atoms with E-state index in [1.807, 2.05) is 11.0 Å². The monoisotopic (exact) mass is 526 g/mol. The third kappa shape index (κ3) is 4.40. The number of carbonyl (C=O) groups excluding carboxylic acids is 2. The highest BCUT2D eigenvalue weighted by molar-refractivity contribution is 6.13. The van der Waals surface area contributed by atoms with Gasteiger partial charge in [0, 0.05) is 35.4 Å². The van der Waals surface area contributed by atoms with Crippen LogP contribution >= 0.6 is 0 Å². The molecule has 2 bridgehead atoms. The van der Waals surface area contributed by atoms with Crippen LogP contribution in [-0.4, -0.2) is 48.0 Å². The van der Waals surface area contributed by atoms with Crippen LogP contribution in [0.3, 0.4) is 0 Å². The van der Waals surface area contributed by atoms with Crippen molar-refractivity contribution in [3.63, 3.8) is 0 Å². The first-order chi connectivity index (χ1) is 19.0. The smallest absolute Gasteiger partial charge is 0.240 e. The van der Waals surface area contributed by atoms with Gasteiger partial charge in [0.05, 0.1) is 31.7 Å². The van der Waals surface area contributed by atoms with Crippen LogP contribution < -0.4 is 19.5 Å². The molecule has 1 N–H and O–H groups in total. The van der Waals surface area contributed by atoms with Crippen molar-refractivity contribution in [1.82, 2.24) is 9.88 Å². The Kier molecular flexibility index (Phi) is 6.26. The zero-order valence-corrected chi connectivity index (χ0v) is 22.0. The Labute approximate surface area is 226 Å². The summed E-state index contributed by atoms with van der Waals surface area (Å²) in [6.07, 6.45) is 6.04. The molecule has 1 aliphatic carbocycles. The predicted octanol–water partition coefficient (Wildman–Crippen LogP) is 5.06. The Morgan fingerprint density at radius 3 is 2.28 bits per heavy atom. The van der Waals surface area contributed by atoms with Gasteiger partial charge in [-0.3, -0.25) is 14.6 Å². The van der Waals surface area contributed by atoms with Gasteiger partial charge < -0.3 is 24.4 Å². The number of methoxy groups -OCH3 is 2. The molecule has 3 aromatic rings. The van der Waals surface area contributed by atoms with Crippen molar-refractivity contribution in [2.75, 3.05) is 19.5 Å². The van der Waals surface area contributed by atoms with E-state index in [0.29, 0.717) is 59.9 Å². The van der Waals surface area contributed by atoms with Crippen molar-refractivity contribution in [3.8, 4) is 29.1 Å². The number of nitrogens with one attached hydrogen (secondary N) is 1. The number of nitriles is 1. The lowest BCUT2D eigenvalue weighted by atomic mass is 9.90. The quantitative estimate of drug-likeness (QED) is 0.428. The zero-order valence-electron chi connectivity index (χ0n) is 22.0. The third-order valence-electron chi connectivity index (χ3n) is 8.29. The summed E-state index contributed by atoms with van der Waals surface area (Å²) in [6.45, 7) is 0. The average molecular weight is 527 g/mol. The van der Waals surface area contributed by atoms with E-state index in [9.17, 15) is 14.9 Å². The number of rotatable bonds is 7. The van der Waals surface area contributed by atoms with E-state index in [0.717, 1.165) is 18.2 Å². The van der Waals surface area contributed by atoms with Gasteiger partial charge in [0.15, 0.2) is 11.5 Å². The second-order valence-corrected chi connectivity index (χ2v) is 10.6. The number of benzene rings is 2. The summed E-state index contributed by atoms with van der Waals surface area (Å²) in [4.78, 5) is 33.2. The molecule has 1 aromatic heterocycles. The maximum absolute atomic E-state index is 13.6. The predicted molar refractivity (Wildman–Crippen MR) is 144 cm³/mol. The molecule has 2 saturated heterocycles. The summed E-state index contributed by atoms with van der Waals surface area (Å²) in [5, 5.41) is 13.1. The van der Waals surface area contributed by atoms with Crippen LogP contribution in [0.1, 0.15) is 38.5 Å². The lowest BCUT2D eigenvalue weighted by molar-refractivity contribution is -0.146. The molecule has 0 spiro atoms. The molecular formula is C30H30N4O5. The van der Waals surface area contributed by atoms with Gasteiger partial charge in [-0.2, -0.15) is 5.26 Å². The van der Waals surface area contributed by atoms with Gasteiger partial charge in [-0.05, 0) is 74.9 Å². The van der Waals surface area contributed by atoms with Gasteiger partial charge >= 0.3 is 0 Å². The minimum absolute atomic E-state index is 0.00580. The number of amides is 2. The van der Waals surface area contributed by atoms with E-state index < -0.39 is 5.41 Å². The molecule has 2 amide bonds. The summed E-state index contributed by atoms with van der Waals surface area (Å²) in [5.41, 5.74) is 0.313. The maximum Gasteiger partial charge on any atom is 0.240 e. The molecule has 200 valence electrons. The van der Waals surface area contributed by atoms with Crippen molar-refractivity contribution >= 4 is 28.4 Å². The standard InChI is InChI=1S/C30H30N4O5/c1-37-26-15-23-24(16-27(26)38-2)32-12-9-25(23)39-22-7-3-19(4-8-22)33-28(35)30(10-11-30)29(36)34-20-5-6-21(34)14-18(13-20)17-31/h3-4,7-9,12,15-16,18,20-21H,5-6,10-11,13-14H2,1-2H3,(H,33,35). The zero-order chi connectivity index (χ0) is 27.1. The van der Waals surface area contributed by atoms with Crippen molar-refractivity contribution in [2.45, 2.75) is 50.6 Å². The first-order valence-corrected chi connectivity index (χ1v) is 13.3. The van der Waals surface area contributed by atoms with Crippen molar-refractivity contribution < 1.29 is 23.8 Å². The highest BCUT2D eigenvalue weighted by Gasteiger charge is 2.61. The first-order valence-electron chi connectivity index (χ1n) is 13.3. The largest absolute Gasteiger partial charge is 0.493 e. The summed E-state index contributed by atoms with van der Waals surface area (Å²) < 4.78 is 16.9. The minimum Gasteiger partial charge on any atom is -0.493 e. The lowest BCUT2D eigenvalue weighted by Gasteiger charge is -2.38. The maximum atomic E-state index is 13.6. The van der Waals surface area contributed by atoms with Gasteiger partial charge in [0.25, 0.3) is 0 Å². The SMILES string of the molecule is COc1cc2nccc(Oc3ccc(NC(=O)C4(C(=O)N5C6CCC5CC(C#N)C6)CC4)cc3)c2cc1OC. The number of piperidine rings is 1. The number of hydrogen-bond donors (Lipinski definition) is 1. The molecule has 39 heavy (non-hydrogen) atoms. The van der Waals surface area contributed by atoms with E-state index in [2.05, 4.69) is 16.4 Å². The molecule has 3 fully saturated rings. The summed E-state index contributed by atoms with van der Waals surface area (Å²) in [5.74, 6) is 2.03. The minimum atomic E-state index is -0.994. The summed E-state index contributed by atoms with van der Waals surface area (Å²) in [6, 6.07) is 15.0. The topological polar surface area (TPSA) is 114 Å². The number of nitrogens with zero attached hydrogens (tertiary/aromatic N) is 3. The van der Waals surface area contributed by atoms with E-state index in [-0.39, 0.29) is 29.8 Å². The average Bonchev–Trinajstić information content (AvgIpc) is 3.73. The van der Waals surface area contributed by atoms with E-state index >= 15 is 0 Å². The van der Waals surface area contributed by atoms with Crippen LogP contribution in [-0.2, 0) is 9.59 Å². The molecule has 3 heterocycles. The third-order valence-corrected chi connectivity index (χ3v) is 8.29. The molecule has 9 heteroatoms. The Balaban J connectivity index is 1.14. The molecule has 2 aliphatic heterocycles. The van der Waals surface area contributed by atoms with Gasteiger partial charge in [-0.15, -0.1) is 0 Å². The Bertz CT molecular complexity index is 1460. The molecular weight excluding hydrogens is 496 g/mol. The van der Waals surface area contributed by atoms with Crippen molar-refractivity contribution in [3.05, 3.63) is 48.7 Å². The molecule has 9 nitrogen and oxygen atoms in total. The van der Waals surface area contributed by atoms with Crippen LogP contribution in [0.15, 0.2) is 48.7 Å². The Hall–Kier alpha value is -4.32. The number of ether oxygens (including phenoxy) is 3. The molecule has 1 saturated carbocycles. The summed E-state index contributed by atoms with van der Waals surface area (Å²) >= 11 is 0. The van der Waals surface area contributed by atoms with Crippen LogP contribution in [0.2, 0.25) is 0 Å². The lowest BCUT2D eigenvalue weighted by Crippen LogP contribution is -2.51. The molecule has 6 rings (SSSR count). The Morgan fingerprint density at radius 2 is 1.67 bits per heavy atom. The van der Waals surface area contributed by atoms with Crippen LogP contribution in [0.4, 0.5) is 5.69 Å². The highest BCUT2D eigenvalue weighted by Crippen LogP contribution is 2.51. The number of hydrogen-bond acceptors (Lipinski definition) is 7. The van der Waals surface area contributed by atoms with Gasteiger partial charge in [0.2, 0.25) is 11.8 Å². The van der Waals surface area contributed by atoms with E-state index in [4.69, 9.17) is 14.2 Å². The second kappa shape index (κ2) is 9.77. The fourth-order valence-corrected chi connectivity index (χ4v) is 6.04. The second-order valence-electron chi connectivity index (χ2n) is 10.6. The number of anilines is 1.